The number of hydrogen-bond acceptors (Lipinski definition) is 3. The highest BCUT2D eigenvalue weighted by Crippen LogP contribution is 2.18. The van der Waals surface area contributed by atoms with Gasteiger partial charge >= 0.3 is 0 Å². The number of carbonyl (C=O) groups excluding carboxylic acids is 2. The van der Waals surface area contributed by atoms with Crippen molar-refractivity contribution in [2.75, 3.05) is 19.6 Å². The fourth-order valence-corrected chi connectivity index (χ4v) is 2.63. The molecule has 0 aromatic carbocycles. The quantitative estimate of drug-likeness (QED) is 0.669. The molecule has 0 aromatic rings. The summed E-state index contributed by atoms with van der Waals surface area (Å²) in [4.78, 5) is 25.9. The van der Waals surface area contributed by atoms with Gasteiger partial charge in [-0.2, -0.15) is 0 Å². The van der Waals surface area contributed by atoms with Crippen LogP contribution in [0.2, 0.25) is 0 Å². The summed E-state index contributed by atoms with van der Waals surface area (Å²) in [5.74, 6) is 0.409. The molecule has 1 heterocycles. The molecule has 1 rings (SSSR count). The lowest BCUT2D eigenvalue weighted by Crippen LogP contribution is -2.43. The lowest BCUT2D eigenvalue weighted by molar-refractivity contribution is -0.135. The molecule has 0 saturated carbocycles. The van der Waals surface area contributed by atoms with Crippen LogP contribution in [0.3, 0.4) is 0 Å². The van der Waals surface area contributed by atoms with Crippen molar-refractivity contribution in [2.45, 2.75) is 64.8 Å². The number of nitrogens with two attached hydrogens (primary N) is 1. The number of carbonyl (C=O) groups is 2. The predicted molar refractivity (Wildman–Crippen MR) is 84.7 cm³/mol. The number of amides is 2. The Bertz CT molecular complexity index is 323. The van der Waals surface area contributed by atoms with Crippen LogP contribution >= 0.6 is 0 Å². The molecule has 0 bridgehead atoms. The maximum Gasteiger partial charge on any atom is 0.223 e. The molecule has 21 heavy (non-hydrogen) atoms. The minimum absolute atomic E-state index is 0.0698. The second kappa shape index (κ2) is 9.77. The number of likely N-dealkylation sites (tertiary alicyclic amines) is 1. The van der Waals surface area contributed by atoms with Gasteiger partial charge in [0.05, 0.1) is 0 Å². The van der Waals surface area contributed by atoms with Crippen molar-refractivity contribution < 1.29 is 9.59 Å². The van der Waals surface area contributed by atoms with E-state index in [9.17, 15) is 9.59 Å². The summed E-state index contributed by atoms with van der Waals surface area (Å²) < 4.78 is 0. The zero-order chi connectivity index (χ0) is 15.7. The van der Waals surface area contributed by atoms with Crippen molar-refractivity contribution in [1.82, 2.24) is 10.2 Å². The first-order valence-corrected chi connectivity index (χ1v) is 8.35. The molecule has 1 aliphatic heterocycles. The average molecular weight is 297 g/mol. The van der Waals surface area contributed by atoms with E-state index in [1.54, 1.807) is 0 Å². The van der Waals surface area contributed by atoms with Gasteiger partial charge in [-0.3, -0.25) is 9.59 Å². The van der Waals surface area contributed by atoms with Crippen LogP contribution in [-0.4, -0.2) is 42.4 Å². The first-order chi connectivity index (χ1) is 10.0. The van der Waals surface area contributed by atoms with Crippen LogP contribution < -0.4 is 11.1 Å². The van der Waals surface area contributed by atoms with Gasteiger partial charge in [0.15, 0.2) is 0 Å². The molecule has 0 radical (unpaired) electrons. The van der Waals surface area contributed by atoms with Crippen LogP contribution in [0, 0.1) is 5.92 Å². The van der Waals surface area contributed by atoms with Crippen LogP contribution in [-0.2, 0) is 9.59 Å². The van der Waals surface area contributed by atoms with E-state index >= 15 is 0 Å². The van der Waals surface area contributed by atoms with Crippen molar-refractivity contribution in [3.05, 3.63) is 0 Å². The molecule has 122 valence electrons. The molecule has 1 unspecified atom stereocenters. The van der Waals surface area contributed by atoms with E-state index in [1.165, 1.54) is 0 Å². The van der Waals surface area contributed by atoms with Crippen LogP contribution in [0.1, 0.15) is 58.8 Å². The predicted octanol–water partition coefficient (Wildman–Crippen LogP) is 1.66. The minimum atomic E-state index is 0.0698. The molecule has 5 nitrogen and oxygen atoms in total. The molecular formula is C16H31N3O2. The average Bonchev–Trinajstić information content (AvgIpc) is 2.49. The van der Waals surface area contributed by atoms with Crippen molar-refractivity contribution in [3.63, 3.8) is 0 Å². The van der Waals surface area contributed by atoms with Gasteiger partial charge < -0.3 is 16.0 Å². The van der Waals surface area contributed by atoms with Crippen molar-refractivity contribution >= 4 is 11.8 Å². The standard InChI is InChI=1S/C16H31N3O2/c1-3-4-5-10-18-16(21)14-8-11-19(12-9-14)15(20)7-6-13(2)17/h13-14H,3-12,17H2,1-2H3,(H,18,21). The van der Waals surface area contributed by atoms with Gasteiger partial charge in [-0.25, -0.2) is 0 Å². The van der Waals surface area contributed by atoms with Gasteiger partial charge in [-0.15, -0.1) is 0 Å². The normalized spacial score (nSPS) is 17.6. The lowest BCUT2D eigenvalue weighted by atomic mass is 9.95. The Kier molecular flexibility index (Phi) is 8.35. The Morgan fingerprint density at radius 3 is 2.52 bits per heavy atom. The monoisotopic (exact) mass is 297 g/mol. The summed E-state index contributed by atoms with van der Waals surface area (Å²) in [6.45, 7) is 6.25. The molecule has 1 saturated heterocycles. The smallest absolute Gasteiger partial charge is 0.223 e. The van der Waals surface area contributed by atoms with E-state index in [0.29, 0.717) is 19.5 Å². The number of unbranched alkanes of at least 4 members (excludes halogenated alkanes) is 2. The Labute approximate surface area is 128 Å². The number of hydrogen-bond donors (Lipinski definition) is 2. The van der Waals surface area contributed by atoms with E-state index < -0.39 is 0 Å². The van der Waals surface area contributed by atoms with Crippen LogP contribution in [0.15, 0.2) is 0 Å². The lowest BCUT2D eigenvalue weighted by Gasteiger charge is -2.31. The number of nitrogens with one attached hydrogen (secondary N) is 1. The molecule has 5 heteroatoms. The maximum absolute atomic E-state index is 12.0. The first-order valence-electron chi connectivity index (χ1n) is 8.35. The fourth-order valence-electron chi connectivity index (χ4n) is 2.63. The Morgan fingerprint density at radius 1 is 1.29 bits per heavy atom. The van der Waals surface area contributed by atoms with E-state index in [-0.39, 0.29) is 23.8 Å². The van der Waals surface area contributed by atoms with Crippen LogP contribution in [0.4, 0.5) is 0 Å². The van der Waals surface area contributed by atoms with Crippen molar-refractivity contribution in [1.29, 1.82) is 0 Å². The number of rotatable bonds is 8. The van der Waals surface area contributed by atoms with Crippen molar-refractivity contribution in [2.24, 2.45) is 11.7 Å². The molecule has 1 atom stereocenters. The Morgan fingerprint density at radius 2 is 1.95 bits per heavy atom. The van der Waals surface area contributed by atoms with Gasteiger partial charge in [0, 0.05) is 38.0 Å². The molecule has 3 N–H and O–H groups in total. The third kappa shape index (κ3) is 6.93. The highest BCUT2D eigenvalue weighted by atomic mass is 16.2. The number of nitrogens with zero attached hydrogens (tertiary/aromatic N) is 1. The summed E-state index contributed by atoms with van der Waals surface area (Å²) in [6.07, 6.45) is 6.19. The SMILES string of the molecule is CCCCCNC(=O)C1CCN(C(=O)CCC(C)N)CC1. The second-order valence-corrected chi connectivity index (χ2v) is 6.17. The highest BCUT2D eigenvalue weighted by molar-refractivity contribution is 5.80. The maximum atomic E-state index is 12.0. The molecule has 2 amide bonds. The molecule has 0 spiro atoms. The summed E-state index contributed by atoms with van der Waals surface area (Å²) >= 11 is 0. The second-order valence-electron chi connectivity index (χ2n) is 6.17. The third-order valence-corrected chi connectivity index (χ3v) is 4.11. The van der Waals surface area contributed by atoms with E-state index in [2.05, 4.69) is 12.2 Å². The Balaban J connectivity index is 2.21. The van der Waals surface area contributed by atoms with Gasteiger partial charge in [0.25, 0.3) is 0 Å². The molecule has 1 aliphatic rings. The third-order valence-electron chi connectivity index (χ3n) is 4.11. The largest absolute Gasteiger partial charge is 0.356 e. The molecule has 0 aliphatic carbocycles. The minimum Gasteiger partial charge on any atom is -0.356 e. The zero-order valence-corrected chi connectivity index (χ0v) is 13.6. The fraction of sp³-hybridized carbons (Fsp3) is 0.875. The first kappa shape index (κ1) is 18.0. The van der Waals surface area contributed by atoms with E-state index in [0.717, 1.165) is 45.1 Å². The van der Waals surface area contributed by atoms with E-state index in [1.807, 2.05) is 11.8 Å². The Hall–Kier alpha value is -1.10. The molecule has 0 aromatic heterocycles. The van der Waals surface area contributed by atoms with Crippen molar-refractivity contribution in [3.8, 4) is 0 Å². The molecular weight excluding hydrogens is 266 g/mol. The highest BCUT2D eigenvalue weighted by Gasteiger charge is 2.26. The van der Waals surface area contributed by atoms with Crippen LogP contribution in [0.5, 0.6) is 0 Å². The van der Waals surface area contributed by atoms with Crippen LogP contribution in [0.25, 0.3) is 0 Å². The topological polar surface area (TPSA) is 75.4 Å². The summed E-state index contributed by atoms with van der Waals surface area (Å²) in [7, 11) is 0. The number of piperidine rings is 1. The van der Waals surface area contributed by atoms with Gasteiger partial charge in [-0.05, 0) is 32.6 Å². The van der Waals surface area contributed by atoms with Gasteiger partial charge in [-0.1, -0.05) is 19.8 Å². The summed E-state index contributed by atoms with van der Waals surface area (Å²) in [5.41, 5.74) is 5.68. The zero-order valence-electron chi connectivity index (χ0n) is 13.6. The summed E-state index contributed by atoms with van der Waals surface area (Å²) in [5, 5.41) is 3.01. The van der Waals surface area contributed by atoms with Gasteiger partial charge in [0.2, 0.25) is 11.8 Å². The molecule has 1 fully saturated rings. The van der Waals surface area contributed by atoms with E-state index in [4.69, 9.17) is 5.73 Å². The summed E-state index contributed by atoms with van der Waals surface area (Å²) in [6, 6.07) is 0.0698. The van der Waals surface area contributed by atoms with Gasteiger partial charge in [0.1, 0.15) is 0 Å².